The van der Waals surface area contributed by atoms with Crippen LogP contribution in [0.5, 0.6) is 5.75 Å². The summed E-state index contributed by atoms with van der Waals surface area (Å²) >= 11 is 12.2. The van der Waals surface area contributed by atoms with Gasteiger partial charge in [-0.3, -0.25) is 9.59 Å². The third kappa shape index (κ3) is 6.77. The number of nitrogens with one attached hydrogen (secondary N) is 1. The van der Waals surface area contributed by atoms with Gasteiger partial charge in [0.15, 0.2) is 0 Å². The predicted octanol–water partition coefficient (Wildman–Crippen LogP) is 6.09. The molecule has 2 aromatic carbocycles. The molecule has 1 saturated heterocycles. The van der Waals surface area contributed by atoms with Crippen molar-refractivity contribution in [2.45, 2.75) is 82.8 Å². The third-order valence-corrected chi connectivity index (χ3v) is 10.2. The lowest BCUT2D eigenvalue weighted by molar-refractivity contribution is -0.945. The number of nitrogens with zero attached hydrogens (tertiary/aromatic N) is 1. The summed E-state index contributed by atoms with van der Waals surface area (Å²) in [6.07, 6.45) is 5.54. The van der Waals surface area contributed by atoms with Gasteiger partial charge in [-0.05, 0) is 67.5 Å². The minimum Gasteiger partial charge on any atom is -0.427 e. The molecule has 6 nitrogen and oxygen atoms in total. The Morgan fingerprint density at radius 1 is 1.10 bits per heavy atom. The number of piperidine rings is 1. The molecule has 41 heavy (non-hydrogen) atoms. The molecule has 8 heteroatoms. The number of esters is 1. The Bertz CT molecular complexity index is 1290. The van der Waals surface area contributed by atoms with Crippen molar-refractivity contribution < 1.29 is 23.9 Å². The van der Waals surface area contributed by atoms with E-state index in [0.717, 1.165) is 47.6 Å². The molecule has 1 amide bonds. The van der Waals surface area contributed by atoms with Crippen molar-refractivity contribution in [2.75, 3.05) is 26.2 Å². The zero-order chi connectivity index (χ0) is 29.4. The van der Waals surface area contributed by atoms with Crippen molar-refractivity contribution in [3.05, 3.63) is 63.6 Å². The van der Waals surface area contributed by atoms with Crippen LogP contribution < -0.4 is 10.1 Å². The number of benzene rings is 2. The first-order valence-corrected chi connectivity index (χ1v) is 15.8. The van der Waals surface area contributed by atoms with E-state index in [1.165, 1.54) is 19.8 Å². The van der Waals surface area contributed by atoms with Gasteiger partial charge in [0.1, 0.15) is 17.9 Å². The Hall–Kier alpha value is -2.12. The molecular formula is C33H43Cl2N2O4+. The number of rotatable bonds is 9. The Morgan fingerprint density at radius 2 is 1.88 bits per heavy atom. The second-order valence-corrected chi connectivity index (χ2v) is 14.2. The van der Waals surface area contributed by atoms with Gasteiger partial charge in [0.05, 0.1) is 36.1 Å². The summed E-state index contributed by atoms with van der Waals surface area (Å²) in [7, 11) is 0. The molecule has 0 radical (unpaired) electrons. The number of fused-ring (bicyclic) bond motifs is 1. The summed E-state index contributed by atoms with van der Waals surface area (Å²) < 4.78 is 6.43. The molecular weight excluding hydrogens is 559 g/mol. The van der Waals surface area contributed by atoms with Crippen LogP contribution in [-0.2, 0) is 21.4 Å². The quantitative estimate of drug-likeness (QED) is 0.207. The van der Waals surface area contributed by atoms with Crippen LogP contribution in [0.15, 0.2) is 42.5 Å². The van der Waals surface area contributed by atoms with Gasteiger partial charge in [0.25, 0.3) is 0 Å². The molecule has 2 aromatic rings. The van der Waals surface area contributed by atoms with Crippen LogP contribution in [-0.4, -0.2) is 59.3 Å². The van der Waals surface area contributed by atoms with Crippen LogP contribution in [0.4, 0.5) is 0 Å². The molecule has 0 spiro atoms. The number of carbonyl (C=O) groups is 2. The van der Waals surface area contributed by atoms with Crippen molar-refractivity contribution in [1.29, 1.82) is 0 Å². The molecule has 5 rings (SSSR count). The van der Waals surface area contributed by atoms with Crippen LogP contribution in [0.1, 0.15) is 70.4 Å². The summed E-state index contributed by atoms with van der Waals surface area (Å²) in [4.78, 5) is 24.9. The van der Waals surface area contributed by atoms with E-state index in [1.54, 1.807) is 18.2 Å². The number of quaternary nitrogens is 1. The fourth-order valence-corrected chi connectivity index (χ4v) is 8.11. The fourth-order valence-electron chi connectivity index (χ4n) is 7.79. The highest BCUT2D eigenvalue weighted by Gasteiger charge is 2.62. The standard InChI is InChI=1S/C33H42Cl2N2O4/c1-22(2)19-37(20-24-7-8-24)14-13-32(26-5-4-6-28(17-26)41-23(3)38)18-27(11-12-33(32,40)21-37)36-31(39)16-25-9-10-29(34)30(35)15-25/h4-6,9-10,15,17,22,24,27,40H,7-8,11-14,16,18-21H2,1-3H3/p+1/t27-,32+,33?,37-/m0/s1. The highest BCUT2D eigenvalue weighted by Crippen LogP contribution is 2.54. The van der Waals surface area contributed by atoms with E-state index in [1.807, 2.05) is 18.2 Å². The van der Waals surface area contributed by atoms with E-state index in [-0.39, 0.29) is 24.3 Å². The first-order chi connectivity index (χ1) is 19.4. The van der Waals surface area contributed by atoms with E-state index >= 15 is 0 Å². The summed E-state index contributed by atoms with van der Waals surface area (Å²) in [5, 5.41) is 16.9. The molecule has 1 aliphatic heterocycles. The number of aliphatic hydroxyl groups is 1. The number of carbonyl (C=O) groups excluding carboxylic acids is 2. The maximum absolute atomic E-state index is 13.2. The van der Waals surface area contributed by atoms with Gasteiger partial charge in [0.2, 0.25) is 5.91 Å². The average Bonchev–Trinajstić information content (AvgIpc) is 3.69. The Kier molecular flexibility index (Phi) is 8.78. The molecule has 222 valence electrons. The van der Waals surface area contributed by atoms with Gasteiger partial charge in [-0.1, -0.05) is 55.2 Å². The van der Waals surface area contributed by atoms with Crippen molar-refractivity contribution >= 4 is 35.1 Å². The second kappa shape index (κ2) is 11.9. The number of hydrogen-bond donors (Lipinski definition) is 2. The molecule has 2 N–H and O–H groups in total. The molecule has 3 aliphatic rings. The maximum Gasteiger partial charge on any atom is 0.308 e. The lowest BCUT2D eigenvalue weighted by Gasteiger charge is -2.61. The monoisotopic (exact) mass is 601 g/mol. The average molecular weight is 603 g/mol. The Labute approximate surface area is 253 Å². The summed E-state index contributed by atoms with van der Waals surface area (Å²) in [5.74, 6) is 1.34. The largest absolute Gasteiger partial charge is 0.427 e. The fraction of sp³-hybridized carbons (Fsp3) is 0.576. The summed E-state index contributed by atoms with van der Waals surface area (Å²) in [5.41, 5.74) is 0.289. The molecule has 0 bridgehead atoms. The minimum absolute atomic E-state index is 0.0721. The second-order valence-electron chi connectivity index (χ2n) is 13.3. The summed E-state index contributed by atoms with van der Waals surface area (Å²) in [6, 6.07) is 12.9. The number of hydrogen-bond acceptors (Lipinski definition) is 4. The highest BCUT2D eigenvalue weighted by atomic mass is 35.5. The lowest BCUT2D eigenvalue weighted by Crippen LogP contribution is -2.73. The van der Waals surface area contributed by atoms with Gasteiger partial charge >= 0.3 is 5.97 Å². The van der Waals surface area contributed by atoms with E-state index in [4.69, 9.17) is 27.9 Å². The van der Waals surface area contributed by atoms with Crippen LogP contribution in [0, 0.1) is 11.8 Å². The maximum atomic E-state index is 13.2. The van der Waals surface area contributed by atoms with Crippen molar-refractivity contribution in [2.24, 2.45) is 11.8 Å². The summed E-state index contributed by atoms with van der Waals surface area (Å²) in [6.45, 7) is 9.85. The molecule has 1 heterocycles. The molecule has 2 saturated carbocycles. The van der Waals surface area contributed by atoms with Crippen molar-refractivity contribution in [3.8, 4) is 5.75 Å². The first kappa shape index (κ1) is 30.3. The Morgan fingerprint density at radius 3 is 2.56 bits per heavy atom. The van der Waals surface area contributed by atoms with Gasteiger partial charge < -0.3 is 19.6 Å². The number of ether oxygens (including phenoxy) is 1. The van der Waals surface area contributed by atoms with Gasteiger partial charge in [-0.15, -0.1) is 0 Å². The van der Waals surface area contributed by atoms with Crippen LogP contribution in [0.2, 0.25) is 10.0 Å². The van der Waals surface area contributed by atoms with Gasteiger partial charge in [-0.2, -0.15) is 0 Å². The van der Waals surface area contributed by atoms with Crippen LogP contribution in [0.3, 0.4) is 0 Å². The molecule has 2 aliphatic carbocycles. The number of amides is 1. The number of likely N-dealkylation sites (tertiary alicyclic amines) is 1. The SMILES string of the molecule is CC(=O)Oc1cccc([C@]23CC[N@+](CC(C)C)(CC4CC4)CC2(O)CC[C@H](NC(=O)Cc2ccc(Cl)c(Cl)c2)C3)c1. The van der Waals surface area contributed by atoms with Crippen molar-refractivity contribution in [1.82, 2.24) is 5.32 Å². The molecule has 3 fully saturated rings. The Balaban J connectivity index is 1.43. The molecule has 4 atom stereocenters. The predicted molar refractivity (Wildman–Crippen MR) is 162 cm³/mol. The minimum atomic E-state index is -0.936. The van der Waals surface area contributed by atoms with Gasteiger partial charge in [-0.25, -0.2) is 0 Å². The zero-order valence-corrected chi connectivity index (χ0v) is 25.9. The normalized spacial score (nSPS) is 29.6. The zero-order valence-electron chi connectivity index (χ0n) is 24.4. The van der Waals surface area contributed by atoms with E-state index in [9.17, 15) is 14.7 Å². The topological polar surface area (TPSA) is 75.6 Å². The van der Waals surface area contributed by atoms with Crippen molar-refractivity contribution in [3.63, 3.8) is 0 Å². The number of halogens is 2. The lowest BCUT2D eigenvalue weighted by atomic mass is 9.54. The highest BCUT2D eigenvalue weighted by molar-refractivity contribution is 6.42. The molecule has 0 aromatic heterocycles. The van der Waals surface area contributed by atoms with Crippen LogP contribution in [0.25, 0.3) is 0 Å². The van der Waals surface area contributed by atoms with E-state index in [2.05, 4.69) is 25.2 Å². The first-order valence-electron chi connectivity index (χ1n) is 15.0. The van der Waals surface area contributed by atoms with Crippen LogP contribution >= 0.6 is 23.2 Å². The smallest absolute Gasteiger partial charge is 0.308 e. The van der Waals surface area contributed by atoms with E-state index < -0.39 is 11.0 Å². The van der Waals surface area contributed by atoms with E-state index in [0.29, 0.717) is 47.5 Å². The van der Waals surface area contributed by atoms with Gasteiger partial charge in [0, 0.05) is 36.6 Å². The third-order valence-electron chi connectivity index (χ3n) is 9.46. The molecule has 1 unspecified atom stereocenters.